The van der Waals surface area contributed by atoms with Gasteiger partial charge < -0.3 is 4.57 Å². The fourth-order valence-corrected chi connectivity index (χ4v) is 2.98. The van der Waals surface area contributed by atoms with Gasteiger partial charge >= 0.3 is 0 Å². The van der Waals surface area contributed by atoms with E-state index in [1.807, 2.05) is 61.5 Å². The van der Waals surface area contributed by atoms with Crippen molar-refractivity contribution < 1.29 is 4.39 Å². The third kappa shape index (κ3) is 4.24. The van der Waals surface area contributed by atoms with Gasteiger partial charge in [-0.25, -0.2) is 4.39 Å². The van der Waals surface area contributed by atoms with Gasteiger partial charge in [0.15, 0.2) is 0 Å². The summed E-state index contributed by atoms with van der Waals surface area (Å²) < 4.78 is 15.4. The predicted molar refractivity (Wildman–Crippen MR) is 114 cm³/mol. The Bertz CT molecular complexity index is 1040. The summed E-state index contributed by atoms with van der Waals surface area (Å²) >= 11 is 0. The smallest absolute Gasteiger partial charge is 0.123 e. The second-order valence-corrected chi connectivity index (χ2v) is 6.03. The topological polar surface area (TPSA) is 4.93 Å². The van der Waals surface area contributed by atoms with Crippen LogP contribution in [0.3, 0.4) is 0 Å². The quantitative estimate of drug-likeness (QED) is 0.343. The molecule has 0 N–H and O–H groups in total. The molecule has 0 bridgehead atoms. The van der Waals surface area contributed by atoms with E-state index in [0.717, 1.165) is 22.5 Å². The Labute approximate surface area is 159 Å². The summed E-state index contributed by atoms with van der Waals surface area (Å²) in [5, 5.41) is 1.17. The third-order valence-electron chi connectivity index (χ3n) is 4.19. The number of halogens is 1. The molecule has 1 nitrogen and oxygen atoms in total. The van der Waals surface area contributed by atoms with E-state index < -0.39 is 0 Å². The van der Waals surface area contributed by atoms with Crippen LogP contribution in [-0.4, -0.2) is 4.57 Å². The van der Waals surface area contributed by atoms with Crippen molar-refractivity contribution in [3.8, 4) is 16.9 Å². The van der Waals surface area contributed by atoms with Crippen molar-refractivity contribution in [3.63, 3.8) is 0 Å². The number of aromatic nitrogens is 1. The first kappa shape index (κ1) is 18.4. The van der Waals surface area contributed by atoms with Gasteiger partial charge in [0.1, 0.15) is 5.82 Å². The van der Waals surface area contributed by atoms with E-state index >= 15 is 0 Å². The highest BCUT2D eigenvalue weighted by molar-refractivity contribution is 5.89. The van der Waals surface area contributed by atoms with Gasteiger partial charge in [-0.15, -0.1) is 0 Å². The zero-order valence-electron chi connectivity index (χ0n) is 15.3. The molecule has 134 valence electrons. The number of nitrogens with zero attached hydrogens (tertiary/aromatic N) is 1. The zero-order chi connectivity index (χ0) is 19.1. The Kier molecular flexibility index (Phi) is 6.01. The number of benzene rings is 3. The van der Waals surface area contributed by atoms with Gasteiger partial charge in [-0.05, 0) is 48.9 Å². The molecule has 0 radical (unpaired) electrons. The Morgan fingerprint density at radius 1 is 0.852 bits per heavy atom. The van der Waals surface area contributed by atoms with Gasteiger partial charge in [-0.1, -0.05) is 73.3 Å². The van der Waals surface area contributed by atoms with Crippen molar-refractivity contribution in [2.24, 2.45) is 0 Å². The summed E-state index contributed by atoms with van der Waals surface area (Å²) in [6.45, 7) is 5.42. The van der Waals surface area contributed by atoms with Crippen molar-refractivity contribution in [1.29, 1.82) is 0 Å². The molecule has 1 aromatic heterocycles. The van der Waals surface area contributed by atoms with Crippen LogP contribution in [0.15, 0.2) is 110 Å². The van der Waals surface area contributed by atoms with Crippen molar-refractivity contribution >= 4 is 10.9 Å². The van der Waals surface area contributed by atoms with Crippen LogP contribution in [0.25, 0.3) is 27.8 Å². The Hall–Kier alpha value is -3.39. The first-order valence-electron chi connectivity index (χ1n) is 8.90. The zero-order valence-corrected chi connectivity index (χ0v) is 15.3. The van der Waals surface area contributed by atoms with Gasteiger partial charge in [0.25, 0.3) is 0 Å². The maximum atomic E-state index is 13.3. The molecule has 0 fully saturated rings. The van der Waals surface area contributed by atoms with Gasteiger partial charge in [0, 0.05) is 11.1 Å². The van der Waals surface area contributed by atoms with Crippen LogP contribution in [-0.2, 0) is 0 Å². The molecular formula is C25H22FN. The van der Waals surface area contributed by atoms with Crippen LogP contribution in [0.4, 0.5) is 4.39 Å². The van der Waals surface area contributed by atoms with Gasteiger partial charge in [0.05, 0.1) is 11.2 Å². The molecule has 1 heterocycles. The minimum atomic E-state index is -0.221. The van der Waals surface area contributed by atoms with Crippen LogP contribution >= 0.6 is 0 Å². The van der Waals surface area contributed by atoms with E-state index in [9.17, 15) is 4.39 Å². The molecule has 0 saturated heterocycles. The molecule has 0 amide bonds. The average Bonchev–Trinajstić information content (AvgIpc) is 3.10. The van der Waals surface area contributed by atoms with E-state index in [4.69, 9.17) is 0 Å². The number of allylic oxidation sites excluding steroid dienone is 3. The van der Waals surface area contributed by atoms with Crippen molar-refractivity contribution in [2.75, 3.05) is 0 Å². The molecule has 0 aliphatic rings. The molecule has 3 aromatic carbocycles. The van der Waals surface area contributed by atoms with Crippen LogP contribution in [0, 0.1) is 5.82 Å². The second kappa shape index (κ2) is 8.81. The highest BCUT2D eigenvalue weighted by Gasteiger charge is 2.11. The van der Waals surface area contributed by atoms with Crippen LogP contribution < -0.4 is 0 Å². The average molecular weight is 355 g/mol. The van der Waals surface area contributed by atoms with E-state index in [1.165, 1.54) is 17.5 Å². The van der Waals surface area contributed by atoms with Crippen LogP contribution in [0.5, 0.6) is 0 Å². The number of fused-ring (bicyclic) bond motifs is 1. The lowest BCUT2D eigenvalue weighted by Gasteiger charge is -2.11. The lowest BCUT2D eigenvalue weighted by atomic mass is 10.1. The van der Waals surface area contributed by atoms with E-state index in [-0.39, 0.29) is 5.82 Å². The first-order valence-corrected chi connectivity index (χ1v) is 8.90. The third-order valence-corrected chi connectivity index (χ3v) is 4.19. The first-order chi connectivity index (χ1) is 13.2. The summed E-state index contributed by atoms with van der Waals surface area (Å²) in [5.74, 6) is -0.221. The lowest BCUT2D eigenvalue weighted by Crippen LogP contribution is -1.96. The summed E-state index contributed by atoms with van der Waals surface area (Å²) in [4.78, 5) is 0. The standard InChI is InChI=1S/C20H14FN.C5H8/c21-17-10-12-18(13-11-17)22-19-9-5-4-8-16(19)14-20(22)15-6-2-1-3-7-15;1-3-5-4-2/h1-14H;3-5H,1H2,2H3/b;5-4-. The van der Waals surface area contributed by atoms with Gasteiger partial charge in [-0.3, -0.25) is 0 Å². The molecule has 0 saturated carbocycles. The maximum absolute atomic E-state index is 13.3. The molecule has 0 aliphatic heterocycles. The highest BCUT2D eigenvalue weighted by atomic mass is 19.1. The number of rotatable bonds is 3. The lowest BCUT2D eigenvalue weighted by molar-refractivity contribution is 0.627. The van der Waals surface area contributed by atoms with E-state index in [2.05, 4.69) is 41.5 Å². The molecule has 2 heteroatoms. The summed E-state index contributed by atoms with van der Waals surface area (Å²) in [5.41, 5.74) is 4.32. The van der Waals surface area contributed by atoms with Crippen molar-refractivity contribution in [1.82, 2.24) is 4.57 Å². The minimum absolute atomic E-state index is 0.221. The number of para-hydroxylation sites is 1. The molecule has 4 aromatic rings. The fraction of sp³-hybridized carbons (Fsp3) is 0.0400. The van der Waals surface area contributed by atoms with Gasteiger partial charge in [-0.2, -0.15) is 0 Å². The Morgan fingerprint density at radius 3 is 2.15 bits per heavy atom. The Morgan fingerprint density at radius 2 is 1.52 bits per heavy atom. The second-order valence-electron chi connectivity index (χ2n) is 6.03. The SMILES string of the molecule is C=C/C=C\C.Fc1ccc(-n2c(-c3ccccc3)cc3ccccc32)cc1. The summed E-state index contributed by atoms with van der Waals surface area (Å²) in [6, 6.07) is 27.3. The predicted octanol–water partition coefficient (Wildman–Crippen LogP) is 7.19. The molecule has 0 aliphatic carbocycles. The normalized spacial score (nSPS) is 10.6. The van der Waals surface area contributed by atoms with Crippen molar-refractivity contribution in [2.45, 2.75) is 6.92 Å². The molecule has 0 spiro atoms. The van der Waals surface area contributed by atoms with Crippen LogP contribution in [0.2, 0.25) is 0 Å². The summed E-state index contributed by atoms with van der Waals surface area (Å²) in [7, 11) is 0. The van der Waals surface area contributed by atoms with Gasteiger partial charge in [0.2, 0.25) is 0 Å². The van der Waals surface area contributed by atoms with E-state index in [0.29, 0.717) is 0 Å². The number of hydrogen-bond acceptors (Lipinski definition) is 0. The number of hydrogen-bond donors (Lipinski definition) is 0. The van der Waals surface area contributed by atoms with Crippen molar-refractivity contribution in [3.05, 3.63) is 116 Å². The highest BCUT2D eigenvalue weighted by Crippen LogP contribution is 2.31. The molecule has 0 atom stereocenters. The molecule has 27 heavy (non-hydrogen) atoms. The monoisotopic (exact) mass is 355 g/mol. The minimum Gasteiger partial charge on any atom is -0.309 e. The fourth-order valence-electron chi connectivity index (χ4n) is 2.98. The molecular weight excluding hydrogens is 333 g/mol. The van der Waals surface area contributed by atoms with E-state index in [1.54, 1.807) is 6.08 Å². The maximum Gasteiger partial charge on any atom is 0.123 e. The molecule has 4 rings (SSSR count). The largest absolute Gasteiger partial charge is 0.309 e. The molecule has 0 unspecified atom stereocenters. The van der Waals surface area contributed by atoms with Crippen LogP contribution in [0.1, 0.15) is 6.92 Å². The Balaban J connectivity index is 0.000000376. The summed E-state index contributed by atoms with van der Waals surface area (Å²) in [6.07, 6.45) is 5.58.